The molecule has 0 bridgehead atoms. The molecule has 1 aliphatic rings. The Labute approximate surface area is 122 Å². The van der Waals surface area contributed by atoms with Crippen LogP contribution in [0.1, 0.15) is 26.7 Å². The number of carbonyl (C=O) groups is 1. The highest BCUT2D eigenvalue weighted by Crippen LogP contribution is 2.27. The summed E-state index contributed by atoms with van der Waals surface area (Å²) in [5.74, 6) is 0.386. The van der Waals surface area contributed by atoms with E-state index in [4.69, 9.17) is 0 Å². The molecule has 7 nitrogen and oxygen atoms in total. The number of anilines is 1. The highest BCUT2D eigenvalue weighted by Gasteiger charge is 2.38. The number of urea groups is 1. The van der Waals surface area contributed by atoms with Crippen molar-refractivity contribution in [1.29, 1.82) is 0 Å². The molecule has 2 aromatic heterocycles. The van der Waals surface area contributed by atoms with Crippen molar-refractivity contribution in [3.8, 4) is 0 Å². The van der Waals surface area contributed by atoms with Gasteiger partial charge in [-0.05, 0) is 38.8 Å². The summed E-state index contributed by atoms with van der Waals surface area (Å²) in [5, 5.41) is 20.9. The second kappa shape index (κ2) is 5.00. The molecule has 0 saturated carbocycles. The van der Waals surface area contributed by atoms with Crippen LogP contribution in [0.5, 0.6) is 0 Å². The summed E-state index contributed by atoms with van der Waals surface area (Å²) < 4.78 is 1.72. The van der Waals surface area contributed by atoms with Crippen LogP contribution in [-0.4, -0.2) is 48.8 Å². The molecule has 7 heteroatoms. The standard InChI is InChI=1S/C14H19N5O2/c1-14(2,21)10-6-5-9-18(10)13(20)15-12-17-16-11-7-3-4-8-19(11)12/h3-4,7-8,10,21H,5-6,9H2,1-2H3,(H,15,17,20). The van der Waals surface area contributed by atoms with Crippen molar-refractivity contribution in [2.24, 2.45) is 0 Å². The molecule has 0 aliphatic carbocycles. The SMILES string of the molecule is CC(C)(O)C1CCCN1C(=O)Nc1nnc2ccccn12. The van der Waals surface area contributed by atoms with Gasteiger partial charge in [-0.25, -0.2) is 4.79 Å². The lowest BCUT2D eigenvalue weighted by molar-refractivity contribution is 0.0117. The van der Waals surface area contributed by atoms with Crippen LogP contribution in [0.25, 0.3) is 5.65 Å². The molecule has 1 saturated heterocycles. The Bertz CT molecular complexity index is 661. The highest BCUT2D eigenvalue weighted by molar-refractivity contribution is 5.88. The number of carbonyl (C=O) groups excluding carboxylic acids is 1. The van der Waals surface area contributed by atoms with E-state index in [2.05, 4.69) is 15.5 Å². The maximum Gasteiger partial charge on any atom is 0.324 e. The first kappa shape index (κ1) is 13.8. The molecular weight excluding hydrogens is 270 g/mol. The van der Waals surface area contributed by atoms with Crippen molar-refractivity contribution in [1.82, 2.24) is 19.5 Å². The first-order valence-electron chi connectivity index (χ1n) is 7.06. The fourth-order valence-corrected chi connectivity index (χ4v) is 2.84. The molecule has 2 aromatic rings. The van der Waals surface area contributed by atoms with E-state index in [1.807, 2.05) is 18.2 Å². The Balaban J connectivity index is 1.80. The van der Waals surface area contributed by atoms with Crippen LogP contribution in [0.15, 0.2) is 24.4 Å². The van der Waals surface area contributed by atoms with Gasteiger partial charge in [-0.1, -0.05) is 6.07 Å². The molecule has 0 aromatic carbocycles. The van der Waals surface area contributed by atoms with Crippen LogP contribution in [0, 0.1) is 0 Å². The van der Waals surface area contributed by atoms with E-state index < -0.39 is 5.60 Å². The first-order valence-corrected chi connectivity index (χ1v) is 7.06. The fraction of sp³-hybridized carbons (Fsp3) is 0.500. The van der Waals surface area contributed by atoms with Crippen molar-refractivity contribution in [2.45, 2.75) is 38.3 Å². The van der Waals surface area contributed by atoms with Gasteiger partial charge in [-0.2, -0.15) is 0 Å². The minimum absolute atomic E-state index is 0.184. The number of aromatic nitrogens is 3. The molecule has 2 amide bonds. The molecule has 21 heavy (non-hydrogen) atoms. The van der Waals surface area contributed by atoms with Gasteiger partial charge in [0, 0.05) is 12.7 Å². The minimum atomic E-state index is -0.916. The summed E-state index contributed by atoms with van der Waals surface area (Å²) >= 11 is 0. The predicted octanol–water partition coefficient (Wildman–Crippen LogP) is 1.50. The number of amides is 2. The topological polar surface area (TPSA) is 82.8 Å². The zero-order chi connectivity index (χ0) is 15.0. The summed E-state index contributed by atoms with van der Waals surface area (Å²) in [6.45, 7) is 4.10. The second-order valence-corrected chi connectivity index (χ2v) is 5.89. The van der Waals surface area contributed by atoms with Gasteiger partial charge in [-0.3, -0.25) is 9.72 Å². The number of pyridine rings is 1. The van der Waals surface area contributed by atoms with Crippen LogP contribution < -0.4 is 5.32 Å². The van der Waals surface area contributed by atoms with E-state index in [-0.39, 0.29) is 12.1 Å². The highest BCUT2D eigenvalue weighted by atomic mass is 16.3. The van der Waals surface area contributed by atoms with Gasteiger partial charge in [0.1, 0.15) is 0 Å². The third-order valence-corrected chi connectivity index (χ3v) is 3.86. The maximum absolute atomic E-state index is 12.4. The molecule has 0 radical (unpaired) electrons. The molecule has 1 fully saturated rings. The van der Waals surface area contributed by atoms with Gasteiger partial charge >= 0.3 is 6.03 Å². The van der Waals surface area contributed by atoms with Crippen LogP contribution in [0.2, 0.25) is 0 Å². The fourth-order valence-electron chi connectivity index (χ4n) is 2.84. The van der Waals surface area contributed by atoms with Crippen molar-refractivity contribution < 1.29 is 9.90 Å². The molecule has 2 N–H and O–H groups in total. The summed E-state index contributed by atoms with van der Waals surface area (Å²) in [4.78, 5) is 14.1. The Hall–Kier alpha value is -2.15. The third kappa shape index (κ3) is 2.56. The Morgan fingerprint density at radius 1 is 1.43 bits per heavy atom. The van der Waals surface area contributed by atoms with E-state index in [0.29, 0.717) is 18.1 Å². The molecule has 3 heterocycles. The summed E-state index contributed by atoms with van der Waals surface area (Å²) in [5.41, 5.74) is -0.242. The van der Waals surface area contributed by atoms with E-state index in [1.54, 1.807) is 29.3 Å². The van der Waals surface area contributed by atoms with Crippen molar-refractivity contribution in [2.75, 3.05) is 11.9 Å². The Kier molecular flexibility index (Phi) is 3.29. The van der Waals surface area contributed by atoms with E-state index in [0.717, 1.165) is 12.8 Å². The first-order chi connectivity index (χ1) is 9.97. The van der Waals surface area contributed by atoms with Crippen LogP contribution in [-0.2, 0) is 0 Å². The number of hydrogen-bond donors (Lipinski definition) is 2. The molecular formula is C14H19N5O2. The normalized spacial score (nSPS) is 19.2. The zero-order valence-corrected chi connectivity index (χ0v) is 12.2. The summed E-state index contributed by atoms with van der Waals surface area (Å²) in [6, 6.07) is 5.09. The van der Waals surface area contributed by atoms with Gasteiger partial charge in [0.05, 0.1) is 11.6 Å². The quantitative estimate of drug-likeness (QED) is 0.877. The van der Waals surface area contributed by atoms with Gasteiger partial charge in [-0.15, -0.1) is 10.2 Å². The van der Waals surface area contributed by atoms with Gasteiger partial charge in [0.15, 0.2) is 5.65 Å². The Morgan fingerprint density at radius 2 is 2.24 bits per heavy atom. The monoisotopic (exact) mass is 289 g/mol. The van der Waals surface area contributed by atoms with Crippen LogP contribution in [0.3, 0.4) is 0 Å². The van der Waals surface area contributed by atoms with Crippen molar-refractivity contribution >= 4 is 17.6 Å². The Morgan fingerprint density at radius 3 is 3.00 bits per heavy atom. The maximum atomic E-state index is 12.4. The van der Waals surface area contributed by atoms with E-state index >= 15 is 0 Å². The lowest BCUT2D eigenvalue weighted by Gasteiger charge is -2.33. The number of rotatable bonds is 2. The number of fused-ring (bicyclic) bond motifs is 1. The van der Waals surface area contributed by atoms with Gasteiger partial charge in [0.25, 0.3) is 0 Å². The molecule has 1 aliphatic heterocycles. The van der Waals surface area contributed by atoms with Gasteiger partial charge < -0.3 is 10.0 Å². The second-order valence-electron chi connectivity index (χ2n) is 5.89. The lowest BCUT2D eigenvalue weighted by Crippen LogP contribution is -2.49. The van der Waals surface area contributed by atoms with Gasteiger partial charge in [0.2, 0.25) is 5.95 Å². The smallest absolute Gasteiger partial charge is 0.324 e. The molecule has 1 atom stereocenters. The predicted molar refractivity (Wildman–Crippen MR) is 78.0 cm³/mol. The molecule has 112 valence electrons. The average Bonchev–Trinajstić information content (AvgIpc) is 3.05. The minimum Gasteiger partial charge on any atom is -0.388 e. The molecule has 0 spiro atoms. The van der Waals surface area contributed by atoms with Crippen molar-refractivity contribution in [3.05, 3.63) is 24.4 Å². The van der Waals surface area contributed by atoms with Crippen molar-refractivity contribution in [3.63, 3.8) is 0 Å². The zero-order valence-electron chi connectivity index (χ0n) is 12.2. The number of hydrogen-bond acceptors (Lipinski definition) is 4. The van der Waals surface area contributed by atoms with E-state index in [1.165, 1.54) is 0 Å². The summed E-state index contributed by atoms with van der Waals surface area (Å²) in [6.07, 6.45) is 3.49. The number of aliphatic hydroxyl groups is 1. The summed E-state index contributed by atoms with van der Waals surface area (Å²) in [7, 11) is 0. The largest absolute Gasteiger partial charge is 0.388 e. The molecule has 1 unspecified atom stereocenters. The number of likely N-dealkylation sites (tertiary alicyclic amines) is 1. The average molecular weight is 289 g/mol. The third-order valence-electron chi connectivity index (χ3n) is 3.86. The van der Waals surface area contributed by atoms with E-state index in [9.17, 15) is 9.90 Å². The van der Waals surface area contributed by atoms with Crippen LogP contribution >= 0.6 is 0 Å². The van der Waals surface area contributed by atoms with Crippen LogP contribution in [0.4, 0.5) is 10.7 Å². The number of nitrogens with zero attached hydrogens (tertiary/aromatic N) is 4. The lowest BCUT2D eigenvalue weighted by atomic mass is 9.97. The molecule has 3 rings (SSSR count). The number of nitrogens with one attached hydrogen (secondary N) is 1.